The minimum atomic E-state index is -3.51. The molecule has 128 valence electrons. The van der Waals surface area contributed by atoms with E-state index in [1.807, 2.05) is 6.92 Å². The van der Waals surface area contributed by atoms with E-state index in [2.05, 4.69) is 15.3 Å². The van der Waals surface area contributed by atoms with E-state index >= 15 is 0 Å². The van der Waals surface area contributed by atoms with E-state index in [-0.39, 0.29) is 18.4 Å². The van der Waals surface area contributed by atoms with Crippen LogP contribution in [0.15, 0.2) is 29.4 Å². The van der Waals surface area contributed by atoms with Crippen LogP contribution in [0.1, 0.15) is 26.2 Å². The number of pyridine rings is 1. The van der Waals surface area contributed by atoms with Gasteiger partial charge in [-0.15, -0.1) is 12.4 Å². The molecule has 0 unspecified atom stereocenters. The van der Waals surface area contributed by atoms with E-state index in [9.17, 15) is 8.42 Å². The van der Waals surface area contributed by atoms with Gasteiger partial charge in [-0.2, -0.15) is 4.31 Å². The summed E-state index contributed by atoms with van der Waals surface area (Å²) in [4.78, 5) is 7.49. The van der Waals surface area contributed by atoms with E-state index in [0.717, 1.165) is 32.4 Å². The molecule has 1 aliphatic heterocycles. The van der Waals surface area contributed by atoms with Crippen LogP contribution in [0, 0.1) is 0 Å². The fraction of sp³-hybridized carbons (Fsp3) is 0.533. The molecule has 2 aromatic rings. The molecular weight excluding hydrogens is 336 g/mol. The van der Waals surface area contributed by atoms with Gasteiger partial charge in [0.05, 0.1) is 0 Å². The molecule has 2 N–H and O–H groups in total. The highest BCUT2D eigenvalue weighted by Gasteiger charge is 2.33. The molecule has 6 nitrogen and oxygen atoms in total. The molecule has 2 aromatic heterocycles. The molecule has 0 saturated carbocycles. The molecule has 23 heavy (non-hydrogen) atoms. The number of nitrogens with one attached hydrogen (secondary N) is 2. The number of hydrogen-bond donors (Lipinski definition) is 2. The molecule has 0 aromatic carbocycles. The highest BCUT2D eigenvalue weighted by Crippen LogP contribution is 2.27. The highest BCUT2D eigenvalue weighted by molar-refractivity contribution is 7.89. The van der Waals surface area contributed by atoms with Crippen LogP contribution < -0.4 is 5.32 Å². The predicted molar refractivity (Wildman–Crippen MR) is 93.4 cm³/mol. The molecule has 3 heterocycles. The molecule has 1 aliphatic rings. The van der Waals surface area contributed by atoms with Crippen LogP contribution in [-0.2, 0) is 10.0 Å². The summed E-state index contributed by atoms with van der Waals surface area (Å²) in [6.45, 7) is 4.31. The van der Waals surface area contributed by atoms with E-state index < -0.39 is 10.0 Å². The zero-order valence-electron chi connectivity index (χ0n) is 13.2. The number of fused-ring (bicyclic) bond motifs is 1. The van der Waals surface area contributed by atoms with Gasteiger partial charge < -0.3 is 10.3 Å². The third-order valence-corrected chi connectivity index (χ3v) is 6.15. The van der Waals surface area contributed by atoms with Crippen molar-refractivity contribution in [2.45, 2.75) is 37.1 Å². The number of aromatic amines is 1. The predicted octanol–water partition coefficient (Wildman–Crippen LogP) is 2.14. The minimum absolute atomic E-state index is 0. The fourth-order valence-electron chi connectivity index (χ4n) is 3.08. The summed E-state index contributed by atoms with van der Waals surface area (Å²) in [5, 5.41) is 3.95. The van der Waals surface area contributed by atoms with E-state index in [1.54, 1.807) is 28.8 Å². The number of aromatic nitrogens is 2. The first-order valence-corrected chi connectivity index (χ1v) is 9.23. The van der Waals surface area contributed by atoms with Crippen molar-refractivity contribution in [1.29, 1.82) is 0 Å². The van der Waals surface area contributed by atoms with Crippen molar-refractivity contribution in [3.8, 4) is 0 Å². The van der Waals surface area contributed by atoms with Crippen LogP contribution in [0.4, 0.5) is 0 Å². The van der Waals surface area contributed by atoms with Crippen LogP contribution in [0.25, 0.3) is 11.0 Å². The average molecular weight is 359 g/mol. The minimum Gasteiger partial charge on any atom is -0.345 e. The lowest BCUT2D eigenvalue weighted by Gasteiger charge is -2.33. The third kappa shape index (κ3) is 3.52. The van der Waals surface area contributed by atoms with Gasteiger partial charge in [-0.1, -0.05) is 6.92 Å². The van der Waals surface area contributed by atoms with Gasteiger partial charge in [0.2, 0.25) is 10.0 Å². The summed E-state index contributed by atoms with van der Waals surface area (Å²) >= 11 is 0. The Morgan fingerprint density at radius 2 is 2.09 bits per heavy atom. The third-order valence-electron chi connectivity index (χ3n) is 4.16. The first kappa shape index (κ1) is 18.2. The number of piperidine rings is 1. The maximum atomic E-state index is 13.2. The molecule has 3 rings (SSSR count). The second kappa shape index (κ2) is 7.61. The number of rotatable bonds is 5. The topological polar surface area (TPSA) is 78.1 Å². The quantitative estimate of drug-likeness (QED) is 0.858. The lowest BCUT2D eigenvalue weighted by Crippen LogP contribution is -2.46. The van der Waals surface area contributed by atoms with Crippen LogP contribution in [0.3, 0.4) is 0 Å². The van der Waals surface area contributed by atoms with Crippen LogP contribution >= 0.6 is 12.4 Å². The lowest BCUT2D eigenvalue weighted by molar-refractivity contribution is 0.262. The molecular formula is C15H23ClN4O2S. The molecule has 1 fully saturated rings. The number of nitrogens with zero attached hydrogens (tertiary/aromatic N) is 2. The fourth-order valence-corrected chi connectivity index (χ4v) is 5.01. The Hall–Kier alpha value is -1.15. The summed E-state index contributed by atoms with van der Waals surface area (Å²) in [5.74, 6) is 0. The van der Waals surface area contributed by atoms with Crippen LogP contribution in [-0.4, -0.2) is 48.4 Å². The second-order valence-corrected chi connectivity index (χ2v) is 7.51. The molecule has 1 saturated heterocycles. The first-order chi connectivity index (χ1) is 10.6. The first-order valence-electron chi connectivity index (χ1n) is 7.79. The van der Waals surface area contributed by atoms with E-state index in [4.69, 9.17) is 0 Å². The van der Waals surface area contributed by atoms with Crippen molar-refractivity contribution in [2.75, 3.05) is 19.6 Å². The molecule has 0 spiro atoms. The molecule has 0 bridgehead atoms. The van der Waals surface area contributed by atoms with Gasteiger partial charge in [-0.3, -0.25) is 0 Å². The molecule has 8 heteroatoms. The summed E-state index contributed by atoms with van der Waals surface area (Å²) in [7, 11) is -3.51. The lowest BCUT2D eigenvalue weighted by atomic mass is 10.1. The molecule has 0 radical (unpaired) electrons. The van der Waals surface area contributed by atoms with E-state index in [0.29, 0.717) is 22.5 Å². The summed E-state index contributed by atoms with van der Waals surface area (Å²) in [6.07, 6.45) is 5.76. The van der Waals surface area contributed by atoms with Crippen molar-refractivity contribution in [1.82, 2.24) is 19.6 Å². The maximum absolute atomic E-state index is 13.2. The summed E-state index contributed by atoms with van der Waals surface area (Å²) in [6, 6.07) is 3.65. The number of sulfonamides is 1. The van der Waals surface area contributed by atoms with Gasteiger partial charge >= 0.3 is 0 Å². The monoisotopic (exact) mass is 358 g/mol. The second-order valence-electron chi connectivity index (χ2n) is 5.65. The van der Waals surface area contributed by atoms with Crippen molar-refractivity contribution >= 4 is 33.5 Å². The zero-order chi connectivity index (χ0) is 15.6. The van der Waals surface area contributed by atoms with Crippen molar-refractivity contribution in [3.63, 3.8) is 0 Å². The van der Waals surface area contributed by atoms with Crippen molar-refractivity contribution in [2.24, 2.45) is 0 Å². The Labute approximate surface area is 143 Å². The maximum Gasteiger partial charge on any atom is 0.245 e. The van der Waals surface area contributed by atoms with Gasteiger partial charge in [-0.05, 0) is 44.5 Å². The Balaban J connectivity index is 0.00000192. The molecule has 0 amide bonds. The Morgan fingerprint density at radius 3 is 2.78 bits per heavy atom. The van der Waals surface area contributed by atoms with Gasteiger partial charge in [0.25, 0.3) is 0 Å². The smallest absolute Gasteiger partial charge is 0.245 e. The van der Waals surface area contributed by atoms with E-state index in [1.165, 1.54) is 0 Å². The normalized spacial score (nSPS) is 16.6. The molecule has 0 aliphatic carbocycles. The molecule has 0 atom stereocenters. The van der Waals surface area contributed by atoms with Gasteiger partial charge in [-0.25, -0.2) is 13.4 Å². The van der Waals surface area contributed by atoms with Crippen LogP contribution in [0.5, 0.6) is 0 Å². The average Bonchev–Trinajstić information content (AvgIpc) is 2.98. The highest BCUT2D eigenvalue weighted by atomic mass is 35.5. The number of hydrogen-bond acceptors (Lipinski definition) is 4. The SMILES string of the molecule is CCCN(C1CCNCC1)S(=O)(=O)c1c[nH]c2ncccc12.Cl. The summed E-state index contributed by atoms with van der Waals surface area (Å²) in [5.41, 5.74) is 0.614. The van der Waals surface area contributed by atoms with Crippen LogP contribution in [0.2, 0.25) is 0 Å². The van der Waals surface area contributed by atoms with Crippen molar-refractivity contribution < 1.29 is 8.42 Å². The summed E-state index contributed by atoms with van der Waals surface area (Å²) < 4.78 is 28.0. The Morgan fingerprint density at radius 1 is 1.35 bits per heavy atom. The van der Waals surface area contributed by atoms with Gasteiger partial charge in [0.1, 0.15) is 10.5 Å². The van der Waals surface area contributed by atoms with Gasteiger partial charge in [0.15, 0.2) is 0 Å². The number of H-pyrrole nitrogens is 1. The Bertz CT molecular complexity index is 741. The number of halogens is 1. The Kier molecular flexibility index (Phi) is 6.02. The zero-order valence-corrected chi connectivity index (χ0v) is 14.8. The largest absolute Gasteiger partial charge is 0.345 e. The standard InChI is InChI=1S/C15H22N4O2S.ClH/c1-2-10-19(12-5-8-16-9-6-12)22(20,21)14-11-18-15-13(14)4-3-7-17-15;/h3-4,7,11-12,16H,2,5-6,8-10H2,1H3,(H,17,18);1H. The van der Waals surface area contributed by atoms with Gasteiger partial charge in [0, 0.05) is 30.4 Å². The van der Waals surface area contributed by atoms with Crippen molar-refractivity contribution in [3.05, 3.63) is 24.5 Å².